The van der Waals surface area contributed by atoms with Crippen LogP contribution >= 0.6 is 23.5 Å². The molecule has 86 valence electrons. The molecule has 1 saturated heterocycles. The average molecular weight is 244 g/mol. The number of hydrogen-bond donors (Lipinski definition) is 0. The summed E-state index contributed by atoms with van der Waals surface area (Å²) >= 11 is 4.27. The van der Waals surface area contributed by atoms with Gasteiger partial charge >= 0.3 is 0 Å². The van der Waals surface area contributed by atoms with Gasteiger partial charge < -0.3 is 4.74 Å². The Morgan fingerprint density at radius 2 is 2.00 bits per heavy atom. The van der Waals surface area contributed by atoms with Gasteiger partial charge in [0, 0.05) is 0 Å². The lowest BCUT2D eigenvalue weighted by Crippen LogP contribution is -2.20. The number of rotatable bonds is 6. The third-order valence-corrected chi connectivity index (χ3v) is 5.89. The molecule has 0 unspecified atom stereocenters. The second-order valence-corrected chi connectivity index (χ2v) is 7.42. The van der Waals surface area contributed by atoms with Crippen molar-refractivity contribution in [2.45, 2.75) is 43.1 Å². The first-order valence-corrected chi connectivity index (χ1v) is 7.59. The molecule has 0 aromatic rings. The van der Waals surface area contributed by atoms with Crippen molar-refractivity contribution in [1.82, 2.24) is 0 Å². The van der Waals surface area contributed by atoms with E-state index in [0.717, 1.165) is 6.42 Å². The molecule has 1 heterocycles. The molecule has 0 N–H and O–H groups in total. The predicted molar refractivity (Wildman–Crippen MR) is 71.2 cm³/mol. The van der Waals surface area contributed by atoms with Crippen LogP contribution in [0, 0.1) is 12.5 Å². The molecule has 1 nitrogen and oxygen atoms in total. The SMILES string of the molecule is C#COCCCCCC1(C)SCCCS1. The van der Waals surface area contributed by atoms with E-state index in [0.29, 0.717) is 10.7 Å². The summed E-state index contributed by atoms with van der Waals surface area (Å²) in [5.41, 5.74) is 0. The summed E-state index contributed by atoms with van der Waals surface area (Å²) in [4.78, 5) is 0. The third-order valence-electron chi connectivity index (χ3n) is 2.56. The molecular formula is C12H20OS2. The van der Waals surface area contributed by atoms with Crippen LogP contribution < -0.4 is 0 Å². The maximum Gasteiger partial charge on any atom is 0.106 e. The van der Waals surface area contributed by atoms with E-state index in [9.17, 15) is 0 Å². The van der Waals surface area contributed by atoms with Gasteiger partial charge in [0.1, 0.15) is 12.7 Å². The van der Waals surface area contributed by atoms with Crippen LogP contribution in [0.25, 0.3) is 0 Å². The minimum absolute atomic E-state index is 0.477. The molecule has 1 aliphatic rings. The van der Waals surface area contributed by atoms with Gasteiger partial charge in [-0.15, -0.1) is 23.5 Å². The Labute approximate surface area is 102 Å². The summed E-state index contributed by atoms with van der Waals surface area (Å²) in [6.45, 7) is 3.10. The molecule has 0 aromatic carbocycles. The second-order valence-electron chi connectivity index (χ2n) is 3.96. The number of terminal acetylenes is 1. The number of ether oxygens (including phenoxy) is 1. The zero-order valence-corrected chi connectivity index (χ0v) is 11.1. The lowest BCUT2D eigenvalue weighted by atomic mass is 10.1. The predicted octanol–water partition coefficient (Wildman–Crippen LogP) is 3.74. The van der Waals surface area contributed by atoms with Gasteiger partial charge in [-0.05, 0) is 44.1 Å². The Morgan fingerprint density at radius 1 is 1.27 bits per heavy atom. The maximum absolute atomic E-state index is 5.00. The first-order valence-electron chi connectivity index (χ1n) is 5.62. The van der Waals surface area contributed by atoms with Crippen LogP contribution in [0.3, 0.4) is 0 Å². The Kier molecular flexibility index (Phi) is 6.43. The van der Waals surface area contributed by atoms with Crippen molar-refractivity contribution in [2.75, 3.05) is 18.1 Å². The van der Waals surface area contributed by atoms with Crippen LogP contribution in [0.4, 0.5) is 0 Å². The van der Waals surface area contributed by atoms with Gasteiger partial charge in [0.25, 0.3) is 0 Å². The van der Waals surface area contributed by atoms with Gasteiger partial charge in [-0.25, -0.2) is 0 Å². The zero-order chi connectivity index (χ0) is 11.0. The standard InChI is InChI=1S/C12H20OS2/c1-3-13-9-6-4-5-8-12(2)14-10-7-11-15-12/h1H,4-11H2,2H3. The molecule has 0 aliphatic carbocycles. The average Bonchev–Trinajstić information content (AvgIpc) is 2.24. The van der Waals surface area contributed by atoms with Gasteiger partial charge in [0.2, 0.25) is 0 Å². The molecule has 1 aliphatic heterocycles. The third kappa shape index (κ3) is 5.63. The summed E-state index contributed by atoms with van der Waals surface area (Å²) in [7, 11) is 0. The molecule has 0 atom stereocenters. The van der Waals surface area contributed by atoms with Crippen LogP contribution in [0.1, 0.15) is 39.0 Å². The van der Waals surface area contributed by atoms with Crippen LogP contribution in [0.15, 0.2) is 0 Å². The van der Waals surface area contributed by atoms with Crippen molar-refractivity contribution in [1.29, 1.82) is 0 Å². The minimum Gasteiger partial charge on any atom is -0.447 e. The van der Waals surface area contributed by atoms with Gasteiger partial charge in [-0.2, -0.15) is 0 Å². The highest BCUT2D eigenvalue weighted by atomic mass is 32.2. The highest BCUT2D eigenvalue weighted by Gasteiger charge is 2.27. The lowest BCUT2D eigenvalue weighted by Gasteiger charge is -2.32. The molecule has 0 amide bonds. The summed E-state index contributed by atoms with van der Waals surface area (Å²) in [5.74, 6) is 2.67. The van der Waals surface area contributed by atoms with Crippen molar-refractivity contribution in [2.24, 2.45) is 0 Å². The Hall–Kier alpha value is 0.0600. The van der Waals surface area contributed by atoms with Gasteiger partial charge in [0.15, 0.2) is 0 Å². The second kappa shape index (κ2) is 7.35. The summed E-state index contributed by atoms with van der Waals surface area (Å²) in [5, 5.41) is 0. The Balaban J connectivity index is 2.01. The molecule has 0 spiro atoms. The van der Waals surface area contributed by atoms with E-state index in [-0.39, 0.29) is 0 Å². The summed E-state index contributed by atoms with van der Waals surface area (Å²) in [6, 6.07) is 0. The number of unbranched alkanes of at least 4 members (excludes halogenated alkanes) is 2. The van der Waals surface area contributed by atoms with Gasteiger partial charge in [0.05, 0.1) is 4.08 Å². The van der Waals surface area contributed by atoms with Crippen molar-refractivity contribution >= 4 is 23.5 Å². The van der Waals surface area contributed by atoms with E-state index in [1.165, 1.54) is 37.2 Å². The van der Waals surface area contributed by atoms with Crippen LogP contribution in [-0.4, -0.2) is 22.2 Å². The fourth-order valence-electron chi connectivity index (χ4n) is 1.68. The van der Waals surface area contributed by atoms with Crippen LogP contribution in [-0.2, 0) is 4.74 Å². The summed E-state index contributed by atoms with van der Waals surface area (Å²) < 4.78 is 5.35. The van der Waals surface area contributed by atoms with Gasteiger partial charge in [-0.1, -0.05) is 12.8 Å². The topological polar surface area (TPSA) is 9.23 Å². The number of hydrogen-bond acceptors (Lipinski definition) is 3. The molecule has 0 bridgehead atoms. The highest BCUT2D eigenvalue weighted by molar-refractivity contribution is 8.18. The highest BCUT2D eigenvalue weighted by Crippen LogP contribution is 2.45. The van der Waals surface area contributed by atoms with Crippen LogP contribution in [0.2, 0.25) is 0 Å². The normalized spacial score (nSPS) is 19.5. The van der Waals surface area contributed by atoms with E-state index < -0.39 is 0 Å². The first kappa shape index (κ1) is 13.1. The molecule has 1 rings (SSSR count). The van der Waals surface area contributed by atoms with Crippen molar-refractivity contribution in [3.8, 4) is 12.5 Å². The van der Waals surface area contributed by atoms with E-state index in [1.807, 2.05) is 0 Å². The molecule has 0 saturated carbocycles. The summed E-state index contributed by atoms with van der Waals surface area (Å²) in [6.07, 6.45) is 13.5. The Bertz CT molecular complexity index is 204. The van der Waals surface area contributed by atoms with E-state index in [2.05, 4.69) is 36.6 Å². The lowest BCUT2D eigenvalue weighted by molar-refractivity contribution is 0.267. The fourth-order valence-corrected chi connectivity index (χ4v) is 4.71. The monoisotopic (exact) mass is 244 g/mol. The zero-order valence-electron chi connectivity index (χ0n) is 9.46. The quantitative estimate of drug-likeness (QED) is 0.520. The molecule has 15 heavy (non-hydrogen) atoms. The van der Waals surface area contributed by atoms with Crippen molar-refractivity contribution in [3.05, 3.63) is 0 Å². The van der Waals surface area contributed by atoms with Crippen molar-refractivity contribution < 1.29 is 4.74 Å². The van der Waals surface area contributed by atoms with Crippen molar-refractivity contribution in [3.63, 3.8) is 0 Å². The van der Waals surface area contributed by atoms with E-state index in [4.69, 9.17) is 11.2 Å². The minimum atomic E-state index is 0.477. The number of thioether (sulfide) groups is 2. The van der Waals surface area contributed by atoms with E-state index >= 15 is 0 Å². The Morgan fingerprint density at radius 3 is 2.67 bits per heavy atom. The molecular weight excluding hydrogens is 224 g/mol. The van der Waals surface area contributed by atoms with Crippen LogP contribution in [0.5, 0.6) is 0 Å². The van der Waals surface area contributed by atoms with E-state index in [1.54, 1.807) is 0 Å². The fraction of sp³-hybridized carbons (Fsp3) is 0.833. The molecule has 0 aromatic heterocycles. The first-order chi connectivity index (χ1) is 7.27. The van der Waals surface area contributed by atoms with Gasteiger partial charge in [-0.3, -0.25) is 0 Å². The smallest absolute Gasteiger partial charge is 0.106 e. The molecule has 3 heteroatoms. The maximum atomic E-state index is 5.00. The molecule has 1 fully saturated rings. The molecule has 0 radical (unpaired) electrons. The largest absolute Gasteiger partial charge is 0.447 e.